The second-order valence-electron chi connectivity index (χ2n) is 11.9. The molecule has 4 aliphatic rings. The molecule has 1 saturated heterocycles. The quantitative estimate of drug-likeness (QED) is 0.561. The van der Waals surface area contributed by atoms with Gasteiger partial charge < -0.3 is 4.90 Å². The highest BCUT2D eigenvalue weighted by Gasteiger charge is 2.66. The van der Waals surface area contributed by atoms with E-state index in [9.17, 15) is 19.2 Å². The second-order valence-corrected chi connectivity index (χ2v) is 11.9. The average Bonchev–Trinajstić information content (AvgIpc) is 3.47. The number of hydrogen-bond donors (Lipinski definition) is 0. The van der Waals surface area contributed by atoms with E-state index < -0.39 is 5.54 Å². The fraction of sp³-hybridized carbons (Fsp3) is 0.690. The Morgan fingerprint density at radius 1 is 0.974 bits per heavy atom. The van der Waals surface area contributed by atoms with Crippen LogP contribution in [0.2, 0.25) is 0 Å². The molecule has 0 radical (unpaired) electrons. The lowest BCUT2D eigenvalue weighted by atomic mass is 9.51. The van der Waals surface area contributed by atoms with Gasteiger partial charge in [0, 0.05) is 32.9 Å². The smallest absolute Gasteiger partial charge is 0.313 e. The van der Waals surface area contributed by atoms with Crippen LogP contribution in [0.5, 0.6) is 0 Å². The van der Waals surface area contributed by atoms with E-state index >= 15 is 0 Å². The Balaban J connectivity index is 0.00000144. The summed E-state index contributed by atoms with van der Waals surface area (Å²) < 4.78 is 3.27. The number of urea groups is 1. The normalized spacial score (nSPS) is 29.3. The maximum absolute atomic E-state index is 13.8. The zero-order valence-corrected chi connectivity index (χ0v) is 23.5. The van der Waals surface area contributed by atoms with Crippen LogP contribution in [0.1, 0.15) is 89.7 Å². The highest BCUT2D eigenvalue weighted by Crippen LogP contribution is 2.61. The number of rotatable bonds is 3. The molecule has 0 unspecified atom stereocenters. The maximum Gasteiger partial charge on any atom is 0.332 e. The summed E-state index contributed by atoms with van der Waals surface area (Å²) in [5.74, 6) is 0.341. The first-order valence-electron chi connectivity index (χ1n) is 14.3. The van der Waals surface area contributed by atoms with E-state index in [0.29, 0.717) is 36.3 Å². The molecule has 4 fully saturated rings. The first-order valence-corrected chi connectivity index (χ1v) is 14.3. The summed E-state index contributed by atoms with van der Waals surface area (Å²) in [6.07, 6.45) is 10.8. The van der Waals surface area contributed by atoms with Gasteiger partial charge in [-0.05, 0) is 81.3 Å². The molecular formula is C29H41N5O4. The van der Waals surface area contributed by atoms with Crippen molar-refractivity contribution in [2.75, 3.05) is 14.1 Å². The van der Waals surface area contributed by atoms with Gasteiger partial charge in [0.05, 0.1) is 5.39 Å². The predicted molar refractivity (Wildman–Crippen MR) is 146 cm³/mol. The first-order chi connectivity index (χ1) is 18.2. The van der Waals surface area contributed by atoms with Crippen molar-refractivity contribution in [3.8, 4) is 0 Å². The van der Waals surface area contributed by atoms with E-state index in [1.807, 2.05) is 26.8 Å². The number of nitrogens with zero attached hydrogens (tertiary/aromatic N) is 5. The molecule has 9 nitrogen and oxygen atoms in total. The van der Waals surface area contributed by atoms with Gasteiger partial charge in [-0.15, -0.1) is 0 Å². The Kier molecular flexibility index (Phi) is 6.76. The average molecular weight is 524 g/mol. The SMILES string of the molecule is CC.Cc1ccnc2c1c(=O)n(C1CCC3(CC1)CC1(C3)C(=O)N(C)C(=O)N1C)c(=O)n2CC1CCCC1. The summed E-state index contributed by atoms with van der Waals surface area (Å²) in [6.45, 7) is 6.53. The molecule has 3 aliphatic carbocycles. The van der Waals surface area contributed by atoms with Crippen LogP contribution < -0.4 is 11.2 Å². The molecule has 2 spiro atoms. The minimum absolute atomic E-state index is 0.00727. The van der Waals surface area contributed by atoms with Gasteiger partial charge in [-0.2, -0.15) is 0 Å². The van der Waals surface area contributed by atoms with Gasteiger partial charge in [-0.25, -0.2) is 14.6 Å². The van der Waals surface area contributed by atoms with E-state index in [0.717, 1.165) is 44.1 Å². The summed E-state index contributed by atoms with van der Waals surface area (Å²) in [5, 5.41) is 0.553. The van der Waals surface area contributed by atoms with Crippen molar-refractivity contribution in [3.63, 3.8) is 0 Å². The van der Waals surface area contributed by atoms with E-state index in [1.54, 1.807) is 29.8 Å². The monoisotopic (exact) mass is 523 g/mol. The molecule has 3 heterocycles. The molecule has 0 bridgehead atoms. The van der Waals surface area contributed by atoms with Gasteiger partial charge in [0.15, 0.2) is 0 Å². The summed E-state index contributed by atoms with van der Waals surface area (Å²) >= 11 is 0. The van der Waals surface area contributed by atoms with Crippen LogP contribution in [0.4, 0.5) is 4.79 Å². The van der Waals surface area contributed by atoms with E-state index in [-0.39, 0.29) is 34.6 Å². The largest absolute Gasteiger partial charge is 0.332 e. The van der Waals surface area contributed by atoms with E-state index in [4.69, 9.17) is 0 Å². The Morgan fingerprint density at radius 2 is 1.61 bits per heavy atom. The molecule has 2 aromatic heterocycles. The standard InChI is InChI=1S/C27H35N5O4.C2H6/c1-17-10-13-28-21-20(17)22(33)32(25(36)31(21)14-18-6-4-5-7-18)19-8-11-26(12-9-19)15-27(16-26)23(34)29(2)24(35)30(27)3;1-2/h10,13,18-19H,4-9,11-12,14-16H2,1-3H3;1-2H3. The van der Waals surface area contributed by atoms with Crippen molar-refractivity contribution in [2.45, 2.75) is 103 Å². The molecule has 0 aromatic carbocycles. The van der Waals surface area contributed by atoms with Crippen LogP contribution in [0.3, 0.4) is 0 Å². The Bertz CT molecular complexity index is 1370. The van der Waals surface area contributed by atoms with Gasteiger partial charge in [0.1, 0.15) is 11.2 Å². The van der Waals surface area contributed by atoms with Crippen LogP contribution in [0.25, 0.3) is 11.0 Å². The fourth-order valence-corrected chi connectivity index (χ4v) is 7.73. The highest BCUT2D eigenvalue weighted by molar-refractivity contribution is 6.07. The third-order valence-electron chi connectivity index (χ3n) is 9.81. The molecule has 0 atom stereocenters. The van der Waals surface area contributed by atoms with Crippen LogP contribution >= 0.6 is 0 Å². The third kappa shape index (κ3) is 3.83. The molecule has 9 heteroatoms. The van der Waals surface area contributed by atoms with Crippen molar-refractivity contribution < 1.29 is 9.59 Å². The maximum atomic E-state index is 13.8. The first kappa shape index (κ1) is 26.6. The van der Waals surface area contributed by atoms with Crippen molar-refractivity contribution in [3.05, 3.63) is 38.7 Å². The Hall–Kier alpha value is -2.97. The minimum Gasteiger partial charge on any atom is -0.313 e. The molecule has 38 heavy (non-hydrogen) atoms. The zero-order valence-electron chi connectivity index (χ0n) is 23.5. The number of amides is 3. The van der Waals surface area contributed by atoms with Crippen LogP contribution in [0, 0.1) is 18.3 Å². The minimum atomic E-state index is -0.713. The lowest BCUT2D eigenvalue weighted by Crippen LogP contribution is -2.63. The number of fused-ring (bicyclic) bond motifs is 1. The van der Waals surface area contributed by atoms with Crippen LogP contribution in [0.15, 0.2) is 21.9 Å². The number of likely N-dealkylation sites (N-methyl/N-ethyl adjacent to an activating group) is 2. The van der Waals surface area contributed by atoms with Crippen LogP contribution in [-0.4, -0.2) is 55.5 Å². The van der Waals surface area contributed by atoms with Gasteiger partial charge in [-0.3, -0.25) is 23.6 Å². The molecule has 0 N–H and O–H groups in total. The lowest BCUT2D eigenvalue weighted by Gasteiger charge is -2.57. The van der Waals surface area contributed by atoms with Crippen LogP contribution in [-0.2, 0) is 11.3 Å². The topological polar surface area (TPSA) is 97.5 Å². The number of aromatic nitrogens is 3. The highest BCUT2D eigenvalue weighted by atomic mass is 16.2. The summed E-state index contributed by atoms with van der Waals surface area (Å²) in [4.78, 5) is 60.0. The lowest BCUT2D eigenvalue weighted by molar-refractivity contribution is -0.148. The molecular weight excluding hydrogens is 482 g/mol. The van der Waals surface area contributed by atoms with Crippen molar-refractivity contribution >= 4 is 23.0 Å². The summed E-state index contributed by atoms with van der Waals surface area (Å²) in [6, 6.07) is 1.45. The Labute approximate surface area is 223 Å². The van der Waals surface area contributed by atoms with Gasteiger partial charge in [-0.1, -0.05) is 26.7 Å². The number of carbonyl (C=O) groups excluding carboxylic acids is 2. The number of imide groups is 1. The number of hydrogen-bond acceptors (Lipinski definition) is 5. The second kappa shape index (κ2) is 9.65. The molecule has 206 valence electrons. The number of pyridine rings is 1. The predicted octanol–water partition coefficient (Wildman–Crippen LogP) is 4.24. The number of carbonyl (C=O) groups is 2. The fourth-order valence-electron chi connectivity index (χ4n) is 7.73. The van der Waals surface area contributed by atoms with Crippen molar-refractivity contribution in [1.29, 1.82) is 0 Å². The summed E-state index contributed by atoms with van der Waals surface area (Å²) in [5.41, 5.74) is 0.178. The van der Waals surface area contributed by atoms with E-state index in [2.05, 4.69) is 4.98 Å². The van der Waals surface area contributed by atoms with Crippen molar-refractivity contribution in [1.82, 2.24) is 23.9 Å². The molecule has 1 aliphatic heterocycles. The van der Waals surface area contributed by atoms with Gasteiger partial charge in [0.2, 0.25) is 0 Å². The van der Waals surface area contributed by atoms with Gasteiger partial charge in [0.25, 0.3) is 11.5 Å². The molecule has 2 aromatic rings. The summed E-state index contributed by atoms with van der Waals surface area (Å²) in [7, 11) is 3.28. The third-order valence-corrected chi connectivity index (χ3v) is 9.81. The molecule has 3 amide bonds. The Morgan fingerprint density at radius 3 is 2.18 bits per heavy atom. The molecule has 3 saturated carbocycles. The van der Waals surface area contributed by atoms with Gasteiger partial charge >= 0.3 is 11.7 Å². The van der Waals surface area contributed by atoms with Crippen molar-refractivity contribution in [2.24, 2.45) is 11.3 Å². The molecule has 6 rings (SSSR count). The zero-order chi connectivity index (χ0) is 27.4. The number of aryl methyl sites for hydroxylation is 1. The van der Waals surface area contributed by atoms with E-state index in [1.165, 1.54) is 22.3 Å².